The summed E-state index contributed by atoms with van der Waals surface area (Å²) < 4.78 is 2.31. The molecule has 6 nitrogen and oxygen atoms in total. The summed E-state index contributed by atoms with van der Waals surface area (Å²) >= 11 is 0. The van der Waals surface area contributed by atoms with Crippen molar-refractivity contribution in [1.82, 2.24) is 14.3 Å². The average molecular weight is 280 g/mol. The first-order valence-electron chi connectivity index (χ1n) is 7.45. The SMILES string of the molecule is CCC(Nc1nn(C)c(=O)n(C)c1=O)C1CCCCC1. The van der Waals surface area contributed by atoms with Crippen LogP contribution in [0.4, 0.5) is 5.82 Å². The van der Waals surface area contributed by atoms with Crippen molar-refractivity contribution < 1.29 is 0 Å². The highest BCUT2D eigenvalue weighted by atomic mass is 16.2. The fourth-order valence-corrected chi connectivity index (χ4v) is 3.05. The van der Waals surface area contributed by atoms with Gasteiger partial charge in [-0.25, -0.2) is 9.48 Å². The lowest BCUT2D eigenvalue weighted by molar-refractivity contribution is 0.312. The predicted molar refractivity (Wildman–Crippen MR) is 79.0 cm³/mol. The summed E-state index contributed by atoms with van der Waals surface area (Å²) in [5, 5.41) is 7.35. The summed E-state index contributed by atoms with van der Waals surface area (Å²) in [5.74, 6) is 0.879. The number of nitrogens with zero attached hydrogens (tertiary/aromatic N) is 3. The topological polar surface area (TPSA) is 68.9 Å². The number of nitrogens with one attached hydrogen (secondary N) is 1. The molecule has 20 heavy (non-hydrogen) atoms. The van der Waals surface area contributed by atoms with E-state index in [9.17, 15) is 9.59 Å². The number of hydrogen-bond acceptors (Lipinski definition) is 4. The Morgan fingerprint density at radius 1 is 1.25 bits per heavy atom. The third-order valence-electron chi connectivity index (χ3n) is 4.30. The summed E-state index contributed by atoms with van der Waals surface area (Å²) in [4.78, 5) is 23.7. The van der Waals surface area contributed by atoms with Crippen molar-refractivity contribution in [2.45, 2.75) is 51.5 Å². The molecule has 6 heteroatoms. The molecular weight excluding hydrogens is 256 g/mol. The third kappa shape index (κ3) is 2.94. The van der Waals surface area contributed by atoms with Gasteiger partial charge in [-0.15, -0.1) is 5.10 Å². The molecule has 1 atom stereocenters. The summed E-state index contributed by atoms with van der Waals surface area (Å²) in [6.07, 6.45) is 7.21. The van der Waals surface area contributed by atoms with Crippen LogP contribution >= 0.6 is 0 Å². The fraction of sp³-hybridized carbons (Fsp3) is 0.786. The Bertz CT molecular complexity index is 570. The molecule has 0 saturated heterocycles. The van der Waals surface area contributed by atoms with Crippen molar-refractivity contribution in [1.29, 1.82) is 0 Å². The molecule has 1 N–H and O–H groups in total. The molecule has 2 rings (SSSR count). The average Bonchev–Trinajstić information content (AvgIpc) is 2.48. The normalized spacial score (nSPS) is 17.9. The number of anilines is 1. The van der Waals surface area contributed by atoms with Crippen LogP contribution in [0, 0.1) is 5.92 Å². The molecule has 1 heterocycles. The Morgan fingerprint density at radius 2 is 1.90 bits per heavy atom. The summed E-state index contributed by atoms with van der Waals surface area (Å²) in [6, 6.07) is 0.257. The highest BCUT2D eigenvalue weighted by molar-refractivity contribution is 5.31. The molecule has 1 aliphatic carbocycles. The van der Waals surface area contributed by atoms with Gasteiger partial charge in [0.2, 0.25) is 5.82 Å². The number of aryl methyl sites for hydroxylation is 1. The molecule has 0 radical (unpaired) electrons. The van der Waals surface area contributed by atoms with Gasteiger partial charge in [-0.3, -0.25) is 9.36 Å². The monoisotopic (exact) mass is 280 g/mol. The minimum absolute atomic E-state index is 0.257. The molecule has 1 aliphatic rings. The largest absolute Gasteiger partial charge is 0.361 e. The first-order chi connectivity index (χ1) is 9.54. The van der Waals surface area contributed by atoms with Crippen molar-refractivity contribution in [2.24, 2.45) is 20.0 Å². The lowest BCUT2D eigenvalue weighted by Gasteiger charge is -2.30. The van der Waals surface area contributed by atoms with Gasteiger partial charge in [0.25, 0.3) is 5.56 Å². The molecule has 1 fully saturated rings. The molecule has 1 unspecified atom stereocenters. The zero-order valence-corrected chi connectivity index (χ0v) is 12.6. The summed E-state index contributed by atoms with van der Waals surface area (Å²) in [5.41, 5.74) is -0.742. The molecule has 112 valence electrons. The molecule has 0 spiro atoms. The van der Waals surface area contributed by atoms with Crippen LogP contribution in [0.1, 0.15) is 45.4 Å². The molecule has 0 aliphatic heterocycles. The van der Waals surface area contributed by atoms with E-state index in [1.807, 2.05) is 0 Å². The van der Waals surface area contributed by atoms with Crippen molar-refractivity contribution in [3.8, 4) is 0 Å². The fourth-order valence-electron chi connectivity index (χ4n) is 3.05. The summed E-state index contributed by atoms with van der Waals surface area (Å²) in [6.45, 7) is 2.12. The first-order valence-corrected chi connectivity index (χ1v) is 7.45. The number of hydrogen-bond donors (Lipinski definition) is 1. The maximum Gasteiger partial charge on any atom is 0.346 e. The third-order valence-corrected chi connectivity index (χ3v) is 4.30. The van der Waals surface area contributed by atoms with E-state index in [1.54, 1.807) is 7.05 Å². The van der Waals surface area contributed by atoms with Crippen molar-refractivity contribution >= 4 is 5.82 Å². The molecule has 1 aromatic heterocycles. The van der Waals surface area contributed by atoms with Gasteiger partial charge in [0.15, 0.2) is 0 Å². The van der Waals surface area contributed by atoms with Crippen LogP contribution in [0.5, 0.6) is 0 Å². The molecule has 1 saturated carbocycles. The van der Waals surface area contributed by atoms with Crippen molar-refractivity contribution in [3.05, 3.63) is 20.8 Å². The van der Waals surface area contributed by atoms with Crippen LogP contribution < -0.4 is 16.6 Å². The number of aromatic nitrogens is 3. The van der Waals surface area contributed by atoms with E-state index in [4.69, 9.17) is 0 Å². The zero-order chi connectivity index (χ0) is 14.7. The van der Waals surface area contributed by atoms with Crippen LogP contribution in [-0.4, -0.2) is 20.4 Å². The minimum Gasteiger partial charge on any atom is -0.361 e. The van der Waals surface area contributed by atoms with Crippen LogP contribution in [0.2, 0.25) is 0 Å². The number of rotatable bonds is 4. The van der Waals surface area contributed by atoms with E-state index >= 15 is 0 Å². The second-order valence-corrected chi connectivity index (χ2v) is 5.68. The van der Waals surface area contributed by atoms with Gasteiger partial charge in [-0.1, -0.05) is 26.2 Å². The van der Waals surface area contributed by atoms with Gasteiger partial charge in [0.1, 0.15) is 0 Å². The van der Waals surface area contributed by atoms with Gasteiger partial charge >= 0.3 is 5.69 Å². The minimum atomic E-state index is -0.397. The Hall–Kier alpha value is -1.59. The van der Waals surface area contributed by atoms with E-state index in [2.05, 4.69) is 17.3 Å². The lowest BCUT2D eigenvalue weighted by Crippen LogP contribution is -2.42. The molecular formula is C14H24N4O2. The Kier molecular flexibility index (Phi) is 4.62. The molecule has 0 bridgehead atoms. The van der Waals surface area contributed by atoms with Crippen molar-refractivity contribution in [3.63, 3.8) is 0 Å². The van der Waals surface area contributed by atoms with E-state index in [0.29, 0.717) is 5.92 Å². The Morgan fingerprint density at radius 3 is 2.50 bits per heavy atom. The quantitative estimate of drug-likeness (QED) is 0.901. The lowest BCUT2D eigenvalue weighted by atomic mass is 9.83. The highest BCUT2D eigenvalue weighted by Crippen LogP contribution is 2.28. The van der Waals surface area contributed by atoms with Gasteiger partial charge in [0, 0.05) is 20.1 Å². The van der Waals surface area contributed by atoms with Crippen LogP contribution in [0.25, 0.3) is 0 Å². The van der Waals surface area contributed by atoms with Crippen molar-refractivity contribution in [2.75, 3.05) is 5.32 Å². The summed E-state index contributed by atoms with van der Waals surface area (Å²) in [7, 11) is 3.05. The van der Waals surface area contributed by atoms with Gasteiger partial charge in [-0.2, -0.15) is 0 Å². The van der Waals surface area contributed by atoms with E-state index in [-0.39, 0.29) is 17.4 Å². The molecule has 1 aromatic rings. The van der Waals surface area contributed by atoms with Gasteiger partial charge in [0.05, 0.1) is 0 Å². The predicted octanol–water partition coefficient (Wildman–Crippen LogP) is 1.25. The Labute approximate surface area is 118 Å². The van der Waals surface area contributed by atoms with E-state index < -0.39 is 5.69 Å². The van der Waals surface area contributed by atoms with E-state index in [0.717, 1.165) is 11.0 Å². The zero-order valence-electron chi connectivity index (χ0n) is 12.6. The maximum absolute atomic E-state index is 12.1. The standard InChI is InChI=1S/C14H24N4O2/c1-4-11(10-8-6-5-7-9-10)15-12-13(19)17(2)14(20)18(3)16-12/h10-11H,4-9H2,1-3H3,(H,15,16). The van der Waals surface area contributed by atoms with Crippen LogP contribution in [0.3, 0.4) is 0 Å². The molecule has 0 amide bonds. The Balaban J connectivity index is 2.23. The second kappa shape index (κ2) is 6.24. The van der Waals surface area contributed by atoms with E-state index in [1.165, 1.54) is 43.8 Å². The highest BCUT2D eigenvalue weighted by Gasteiger charge is 2.23. The van der Waals surface area contributed by atoms with Crippen LogP contribution in [0.15, 0.2) is 9.59 Å². The molecule has 0 aromatic carbocycles. The smallest absolute Gasteiger partial charge is 0.346 e. The second-order valence-electron chi connectivity index (χ2n) is 5.68. The first kappa shape index (κ1) is 14.8. The van der Waals surface area contributed by atoms with Gasteiger partial charge < -0.3 is 5.32 Å². The maximum atomic E-state index is 12.1. The van der Waals surface area contributed by atoms with Gasteiger partial charge in [-0.05, 0) is 25.2 Å². The van der Waals surface area contributed by atoms with Crippen LogP contribution in [-0.2, 0) is 14.1 Å².